The van der Waals surface area contributed by atoms with Crippen molar-refractivity contribution in [1.82, 2.24) is 4.90 Å². The molecular weight excluding hydrogens is 306 g/mol. The standard InChI is InChI=1S/C18H23N3O3/c1-2-20-7-9-21(10-8-20)14-5-6-16(18(22)23)17(12-14)19-13-15-4-3-11-24-15/h3-6,11-12,19H,2,7-10,13H2,1H3,(H,22,23). The van der Waals surface area contributed by atoms with E-state index in [4.69, 9.17) is 4.42 Å². The zero-order valence-electron chi connectivity index (χ0n) is 13.9. The Morgan fingerprint density at radius 3 is 2.67 bits per heavy atom. The molecule has 2 N–H and O–H groups in total. The van der Waals surface area contributed by atoms with Gasteiger partial charge in [0.25, 0.3) is 0 Å². The molecule has 6 nitrogen and oxygen atoms in total. The number of carboxylic acid groups (broad SMARTS) is 1. The van der Waals surface area contributed by atoms with E-state index in [0.717, 1.165) is 44.2 Å². The van der Waals surface area contributed by atoms with Crippen LogP contribution >= 0.6 is 0 Å². The maximum Gasteiger partial charge on any atom is 0.337 e. The van der Waals surface area contributed by atoms with Crippen molar-refractivity contribution < 1.29 is 14.3 Å². The lowest BCUT2D eigenvalue weighted by atomic mass is 10.1. The maximum absolute atomic E-state index is 11.5. The van der Waals surface area contributed by atoms with Gasteiger partial charge in [-0.2, -0.15) is 0 Å². The van der Waals surface area contributed by atoms with Crippen LogP contribution in [0.2, 0.25) is 0 Å². The van der Waals surface area contributed by atoms with Gasteiger partial charge in [0.1, 0.15) is 5.76 Å². The highest BCUT2D eigenvalue weighted by Crippen LogP contribution is 2.25. The second-order valence-electron chi connectivity index (χ2n) is 5.89. The largest absolute Gasteiger partial charge is 0.478 e. The van der Waals surface area contributed by atoms with Gasteiger partial charge in [0.15, 0.2) is 0 Å². The SMILES string of the molecule is CCN1CCN(c2ccc(C(=O)O)c(NCc3ccco3)c2)CC1. The Bertz CT molecular complexity index is 677. The quantitative estimate of drug-likeness (QED) is 0.849. The number of benzene rings is 1. The Morgan fingerprint density at radius 2 is 2.04 bits per heavy atom. The minimum atomic E-state index is -0.931. The predicted molar refractivity (Wildman–Crippen MR) is 93.8 cm³/mol. The van der Waals surface area contributed by atoms with Crippen LogP contribution in [0, 0.1) is 0 Å². The third-order valence-corrected chi connectivity index (χ3v) is 4.45. The lowest BCUT2D eigenvalue weighted by Gasteiger charge is -2.35. The van der Waals surface area contributed by atoms with Crippen molar-refractivity contribution >= 4 is 17.3 Å². The number of aromatic carboxylic acids is 1. The van der Waals surface area contributed by atoms with Crippen LogP contribution in [0.25, 0.3) is 0 Å². The molecule has 24 heavy (non-hydrogen) atoms. The van der Waals surface area contributed by atoms with Crippen LogP contribution in [-0.4, -0.2) is 48.7 Å². The summed E-state index contributed by atoms with van der Waals surface area (Å²) in [5, 5.41) is 12.6. The van der Waals surface area contributed by atoms with Crippen molar-refractivity contribution in [1.29, 1.82) is 0 Å². The average Bonchev–Trinajstić information content (AvgIpc) is 3.13. The number of nitrogens with zero attached hydrogens (tertiary/aromatic N) is 2. The molecule has 3 rings (SSSR count). The van der Waals surface area contributed by atoms with Crippen molar-refractivity contribution in [3.05, 3.63) is 47.9 Å². The van der Waals surface area contributed by atoms with Crippen molar-refractivity contribution in [2.75, 3.05) is 42.9 Å². The van der Waals surface area contributed by atoms with Crippen molar-refractivity contribution in [2.24, 2.45) is 0 Å². The zero-order valence-corrected chi connectivity index (χ0v) is 13.9. The fraction of sp³-hybridized carbons (Fsp3) is 0.389. The molecule has 1 aliphatic heterocycles. The molecule has 2 aromatic rings. The molecule has 6 heteroatoms. The van der Waals surface area contributed by atoms with Crippen LogP contribution < -0.4 is 10.2 Å². The lowest BCUT2D eigenvalue weighted by molar-refractivity contribution is 0.0698. The molecule has 1 fully saturated rings. The topological polar surface area (TPSA) is 69.0 Å². The van der Waals surface area contributed by atoms with E-state index in [1.165, 1.54) is 0 Å². The minimum absolute atomic E-state index is 0.275. The summed E-state index contributed by atoms with van der Waals surface area (Å²) in [4.78, 5) is 16.2. The number of piperazine rings is 1. The molecule has 0 saturated carbocycles. The van der Waals surface area contributed by atoms with E-state index in [-0.39, 0.29) is 5.56 Å². The maximum atomic E-state index is 11.5. The average molecular weight is 329 g/mol. The number of anilines is 2. The van der Waals surface area contributed by atoms with Gasteiger partial charge in [0, 0.05) is 31.9 Å². The van der Waals surface area contributed by atoms with Crippen LogP contribution in [0.4, 0.5) is 11.4 Å². The second-order valence-corrected chi connectivity index (χ2v) is 5.89. The van der Waals surface area contributed by atoms with Gasteiger partial charge in [-0.05, 0) is 36.9 Å². The monoisotopic (exact) mass is 329 g/mol. The molecular formula is C18H23N3O3. The Kier molecular flexibility index (Phi) is 5.05. The molecule has 0 radical (unpaired) electrons. The molecule has 0 atom stereocenters. The third kappa shape index (κ3) is 3.71. The molecule has 128 valence electrons. The molecule has 1 aliphatic rings. The number of likely N-dealkylation sites (N-methyl/N-ethyl adjacent to an activating group) is 1. The van der Waals surface area contributed by atoms with Gasteiger partial charge in [-0.1, -0.05) is 6.92 Å². The Balaban J connectivity index is 1.76. The van der Waals surface area contributed by atoms with Crippen LogP contribution in [-0.2, 0) is 6.54 Å². The summed E-state index contributed by atoms with van der Waals surface area (Å²) < 4.78 is 5.30. The van der Waals surface area contributed by atoms with Gasteiger partial charge in [-0.15, -0.1) is 0 Å². The lowest BCUT2D eigenvalue weighted by Crippen LogP contribution is -2.46. The first-order valence-electron chi connectivity index (χ1n) is 8.28. The fourth-order valence-electron chi connectivity index (χ4n) is 2.98. The third-order valence-electron chi connectivity index (χ3n) is 4.45. The molecule has 1 aromatic carbocycles. The number of hydrogen-bond acceptors (Lipinski definition) is 5. The Morgan fingerprint density at radius 1 is 1.25 bits per heavy atom. The normalized spacial score (nSPS) is 15.5. The van der Waals surface area contributed by atoms with Gasteiger partial charge in [-0.3, -0.25) is 0 Å². The number of nitrogens with one attached hydrogen (secondary N) is 1. The summed E-state index contributed by atoms with van der Waals surface area (Å²) in [7, 11) is 0. The fourth-order valence-corrected chi connectivity index (χ4v) is 2.98. The number of carbonyl (C=O) groups is 1. The summed E-state index contributed by atoms with van der Waals surface area (Å²) in [5.74, 6) is -0.160. The van der Waals surface area contributed by atoms with E-state index in [1.807, 2.05) is 24.3 Å². The van der Waals surface area contributed by atoms with E-state index >= 15 is 0 Å². The smallest absolute Gasteiger partial charge is 0.337 e. The summed E-state index contributed by atoms with van der Waals surface area (Å²) in [5.41, 5.74) is 1.95. The first-order valence-corrected chi connectivity index (χ1v) is 8.28. The molecule has 0 spiro atoms. The van der Waals surface area contributed by atoms with Gasteiger partial charge in [-0.25, -0.2) is 4.79 Å². The van der Waals surface area contributed by atoms with Crippen LogP contribution in [0.15, 0.2) is 41.0 Å². The highest BCUT2D eigenvalue weighted by molar-refractivity contribution is 5.95. The van der Waals surface area contributed by atoms with E-state index in [1.54, 1.807) is 12.3 Å². The molecule has 0 amide bonds. The van der Waals surface area contributed by atoms with Crippen LogP contribution in [0.5, 0.6) is 0 Å². The molecule has 0 bridgehead atoms. The van der Waals surface area contributed by atoms with Crippen LogP contribution in [0.1, 0.15) is 23.0 Å². The summed E-state index contributed by atoms with van der Waals surface area (Å²) in [6.07, 6.45) is 1.61. The van der Waals surface area contributed by atoms with E-state index in [9.17, 15) is 9.90 Å². The van der Waals surface area contributed by atoms with Gasteiger partial charge >= 0.3 is 5.97 Å². The minimum Gasteiger partial charge on any atom is -0.478 e. The Labute approximate surface area is 141 Å². The Hall–Kier alpha value is -2.47. The molecule has 1 saturated heterocycles. The molecule has 0 unspecified atom stereocenters. The van der Waals surface area contributed by atoms with Crippen molar-refractivity contribution in [3.8, 4) is 0 Å². The first-order chi connectivity index (χ1) is 11.7. The van der Waals surface area contributed by atoms with E-state index < -0.39 is 5.97 Å². The van der Waals surface area contributed by atoms with Gasteiger partial charge in [0.2, 0.25) is 0 Å². The molecule has 1 aromatic heterocycles. The highest BCUT2D eigenvalue weighted by atomic mass is 16.4. The predicted octanol–water partition coefficient (Wildman–Crippen LogP) is 2.73. The first kappa shape index (κ1) is 16.4. The summed E-state index contributed by atoms with van der Waals surface area (Å²) >= 11 is 0. The zero-order chi connectivity index (χ0) is 16.9. The number of rotatable bonds is 6. The number of furan rings is 1. The van der Waals surface area contributed by atoms with Crippen molar-refractivity contribution in [3.63, 3.8) is 0 Å². The second kappa shape index (κ2) is 7.40. The highest BCUT2D eigenvalue weighted by Gasteiger charge is 2.18. The van der Waals surface area contributed by atoms with Crippen molar-refractivity contribution in [2.45, 2.75) is 13.5 Å². The van der Waals surface area contributed by atoms with Crippen LogP contribution in [0.3, 0.4) is 0 Å². The molecule has 0 aliphatic carbocycles. The van der Waals surface area contributed by atoms with Gasteiger partial charge < -0.3 is 24.6 Å². The number of carboxylic acids is 1. The molecule has 2 heterocycles. The summed E-state index contributed by atoms with van der Waals surface area (Å²) in [6, 6.07) is 9.17. The number of hydrogen-bond donors (Lipinski definition) is 2. The van der Waals surface area contributed by atoms with E-state index in [0.29, 0.717) is 12.2 Å². The summed E-state index contributed by atoms with van der Waals surface area (Å²) in [6.45, 7) is 7.69. The van der Waals surface area contributed by atoms with E-state index in [2.05, 4.69) is 22.0 Å². The van der Waals surface area contributed by atoms with Gasteiger partial charge in [0.05, 0.1) is 24.1 Å².